The van der Waals surface area contributed by atoms with E-state index < -0.39 is 0 Å². The van der Waals surface area contributed by atoms with Crippen molar-refractivity contribution in [1.82, 2.24) is 4.98 Å². The van der Waals surface area contributed by atoms with Gasteiger partial charge in [-0.3, -0.25) is 0 Å². The van der Waals surface area contributed by atoms with Crippen molar-refractivity contribution >= 4 is 21.6 Å². The van der Waals surface area contributed by atoms with Crippen LogP contribution in [0.2, 0.25) is 0 Å². The van der Waals surface area contributed by atoms with Crippen molar-refractivity contribution in [2.75, 3.05) is 12.4 Å². The van der Waals surface area contributed by atoms with Crippen LogP contribution in [0.3, 0.4) is 0 Å². The van der Waals surface area contributed by atoms with Crippen LogP contribution in [0, 0.1) is 0 Å². The summed E-state index contributed by atoms with van der Waals surface area (Å²) in [6.07, 6.45) is 3.62. The van der Waals surface area contributed by atoms with Gasteiger partial charge in [0.1, 0.15) is 5.03 Å². The molecule has 0 bridgehead atoms. The van der Waals surface area contributed by atoms with E-state index in [0.29, 0.717) is 0 Å². The Balaban J connectivity index is 2.25. The molecule has 0 aromatic carbocycles. The van der Waals surface area contributed by atoms with Crippen LogP contribution in [0.1, 0.15) is 6.92 Å². The highest BCUT2D eigenvalue weighted by Crippen LogP contribution is 2.30. The molecule has 0 spiro atoms. The summed E-state index contributed by atoms with van der Waals surface area (Å²) >= 11 is 0. The zero-order valence-electron chi connectivity index (χ0n) is 8.01. The van der Waals surface area contributed by atoms with Crippen LogP contribution in [-0.4, -0.2) is 22.5 Å². The van der Waals surface area contributed by atoms with Gasteiger partial charge in [0.05, 0.1) is 6.61 Å². The van der Waals surface area contributed by atoms with Gasteiger partial charge < -0.3 is 5.11 Å². The molecular weight excluding hydrogens is 214 g/mol. The molecule has 2 nitrogen and oxygen atoms in total. The molecule has 0 atom stereocenters. The van der Waals surface area contributed by atoms with E-state index in [9.17, 15) is 0 Å². The van der Waals surface area contributed by atoms with E-state index >= 15 is 0 Å². The van der Waals surface area contributed by atoms with Gasteiger partial charge in [-0.05, 0) is 29.9 Å². The Hall–Kier alpha value is -0.450. The van der Waals surface area contributed by atoms with Gasteiger partial charge in [0.25, 0.3) is 0 Å². The van der Waals surface area contributed by atoms with E-state index in [2.05, 4.69) is 4.98 Å². The highest BCUT2D eigenvalue weighted by molar-refractivity contribution is 8.76. The molecule has 4 heteroatoms. The summed E-state index contributed by atoms with van der Waals surface area (Å²) in [5.41, 5.74) is 1.20. The monoisotopic (exact) mass is 227 g/mol. The van der Waals surface area contributed by atoms with E-state index in [0.717, 1.165) is 10.8 Å². The van der Waals surface area contributed by atoms with Crippen molar-refractivity contribution in [3.05, 3.63) is 36.0 Å². The first-order chi connectivity index (χ1) is 6.83. The average molecular weight is 227 g/mol. The number of aliphatic hydroxyl groups excluding tert-OH is 1. The molecule has 0 saturated heterocycles. The standard InChI is InChI=1S/C10H13NOS2/c1-9(5-7-12)8-13-14-10-4-2-3-6-11-10/h2-6,12H,7-8H2,1H3/b9-5+. The molecule has 0 amide bonds. The van der Waals surface area contributed by atoms with Gasteiger partial charge in [-0.2, -0.15) is 0 Å². The maximum atomic E-state index is 8.65. The third-order valence-electron chi connectivity index (χ3n) is 1.51. The van der Waals surface area contributed by atoms with Crippen LogP contribution in [-0.2, 0) is 0 Å². The van der Waals surface area contributed by atoms with Gasteiger partial charge in [0, 0.05) is 11.9 Å². The van der Waals surface area contributed by atoms with Gasteiger partial charge in [0.2, 0.25) is 0 Å². The lowest BCUT2D eigenvalue weighted by atomic mass is 10.3. The molecule has 14 heavy (non-hydrogen) atoms. The van der Waals surface area contributed by atoms with Gasteiger partial charge in [-0.25, -0.2) is 4.98 Å². The number of aliphatic hydroxyl groups is 1. The van der Waals surface area contributed by atoms with Gasteiger partial charge >= 0.3 is 0 Å². The zero-order chi connectivity index (χ0) is 10.2. The van der Waals surface area contributed by atoms with Crippen LogP contribution >= 0.6 is 21.6 Å². The molecule has 1 N–H and O–H groups in total. The summed E-state index contributed by atoms with van der Waals surface area (Å²) in [7, 11) is 3.39. The van der Waals surface area contributed by atoms with Gasteiger partial charge in [-0.15, -0.1) is 0 Å². The van der Waals surface area contributed by atoms with Crippen LogP contribution in [0.4, 0.5) is 0 Å². The number of aromatic nitrogens is 1. The minimum absolute atomic E-state index is 0.126. The summed E-state index contributed by atoms with van der Waals surface area (Å²) in [6.45, 7) is 2.14. The van der Waals surface area contributed by atoms with E-state index in [-0.39, 0.29) is 6.61 Å². The molecule has 0 radical (unpaired) electrons. The van der Waals surface area contributed by atoms with Crippen molar-refractivity contribution in [1.29, 1.82) is 0 Å². The summed E-state index contributed by atoms with van der Waals surface area (Å²) in [6, 6.07) is 5.88. The molecule has 0 aliphatic rings. The highest BCUT2D eigenvalue weighted by Gasteiger charge is 1.95. The topological polar surface area (TPSA) is 33.1 Å². The van der Waals surface area contributed by atoms with E-state index in [1.54, 1.807) is 27.8 Å². The lowest BCUT2D eigenvalue weighted by Gasteiger charge is -1.99. The molecule has 1 aromatic rings. The number of nitrogens with zero attached hydrogens (tertiary/aromatic N) is 1. The Kier molecular flexibility index (Phi) is 5.75. The molecule has 76 valence electrons. The summed E-state index contributed by atoms with van der Waals surface area (Å²) < 4.78 is 0. The highest BCUT2D eigenvalue weighted by atomic mass is 33.1. The Bertz CT molecular complexity index is 287. The molecular formula is C10H13NOS2. The summed E-state index contributed by atoms with van der Waals surface area (Å²) in [5, 5.41) is 9.67. The molecule has 0 fully saturated rings. The third-order valence-corrected chi connectivity index (χ3v) is 3.83. The Morgan fingerprint density at radius 2 is 2.43 bits per heavy atom. The summed E-state index contributed by atoms with van der Waals surface area (Å²) in [5.74, 6) is 0.918. The molecule has 1 heterocycles. The fraction of sp³-hybridized carbons (Fsp3) is 0.300. The van der Waals surface area contributed by atoms with Gasteiger partial charge in [-0.1, -0.05) is 28.5 Å². The minimum Gasteiger partial charge on any atom is -0.392 e. The maximum absolute atomic E-state index is 8.65. The van der Waals surface area contributed by atoms with Crippen LogP contribution in [0.25, 0.3) is 0 Å². The zero-order valence-corrected chi connectivity index (χ0v) is 9.64. The molecule has 0 unspecified atom stereocenters. The van der Waals surface area contributed by atoms with Crippen molar-refractivity contribution < 1.29 is 5.11 Å². The number of hydrogen-bond acceptors (Lipinski definition) is 4. The maximum Gasteiger partial charge on any atom is 0.106 e. The van der Waals surface area contributed by atoms with Gasteiger partial charge in [0.15, 0.2) is 0 Å². The number of pyridine rings is 1. The minimum atomic E-state index is 0.126. The summed E-state index contributed by atoms with van der Waals surface area (Å²) in [4.78, 5) is 4.19. The Morgan fingerprint density at radius 3 is 3.07 bits per heavy atom. The first kappa shape index (κ1) is 11.6. The smallest absolute Gasteiger partial charge is 0.106 e. The fourth-order valence-corrected chi connectivity index (χ4v) is 2.91. The van der Waals surface area contributed by atoms with Crippen molar-refractivity contribution in [2.24, 2.45) is 0 Å². The first-order valence-corrected chi connectivity index (χ1v) is 6.62. The third kappa shape index (κ3) is 4.69. The molecule has 0 saturated carbocycles. The molecule has 1 aromatic heterocycles. The van der Waals surface area contributed by atoms with Crippen LogP contribution in [0.5, 0.6) is 0 Å². The first-order valence-electron chi connectivity index (χ1n) is 4.30. The SMILES string of the molecule is C/C(=C\CO)CSSc1ccccn1. The second-order valence-electron chi connectivity index (χ2n) is 2.75. The Morgan fingerprint density at radius 1 is 1.57 bits per heavy atom. The van der Waals surface area contributed by atoms with Crippen LogP contribution < -0.4 is 0 Å². The predicted octanol–water partition coefficient (Wildman–Crippen LogP) is 2.76. The predicted molar refractivity (Wildman–Crippen MR) is 63.4 cm³/mol. The molecule has 1 rings (SSSR count). The van der Waals surface area contributed by atoms with E-state index in [4.69, 9.17) is 5.11 Å². The second kappa shape index (κ2) is 6.92. The largest absolute Gasteiger partial charge is 0.392 e. The number of rotatable bonds is 5. The second-order valence-corrected chi connectivity index (χ2v) is 5.06. The molecule has 0 aliphatic carbocycles. The lowest BCUT2D eigenvalue weighted by Crippen LogP contribution is -1.83. The lowest BCUT2D eigenvalue weighted by molar-refractivity contribution is 0.342. The van der Waals surface area contributed by atoms with E-state index in [1.165, 1.54) is 5.57 Å². The average Bonchev–Trinajstić information content (AvgIpc) is 2.20. The molecule has 0 aliphatic heterocycles. The van der Waals surface area contributed by atoms with Crippen molar-refractivity contribution in [2.45, 2.75) is 11.9 Å². The fourth-order valence-electron chi connectivity index (χ4n) is 0.794. The van der Waals surface area contributed by atoms with Crippen molar-refractivity contribution in [3.63, 3.8) is 0 Å². The Labute approximate surface area is 92.2 Å². The van der Waals surface area contributed by atoms with E-state index in [1.807, 2.05) is 31.2 Å². The van der Waals surface area contributed by atoms with Crippen molar-refractivity contribution in [3.8, 4) is 0 Å². The number of hydrogen-bond donors (Lipinski definition) is 1. The normalized spacial score (nSPS) is 11.7. The van der Waals surface area contributed by atoms with Crippen LogP contribution in [0.15, 0.2) is 41.1 Å². The quantitative estimate of drug-likeness (QED) is 0.619.